The van der Waals surface area contributed by atoms with Gasteiger partial charge in [0.05, 0.1) is 12.1 Å². The number of rotatable bonds is 5. The van der Waals surface area contributed by atoms with Crippen molar-refractivity contribution < 1.29 is 5.21 Å². The SMILES string of the molecule is C#CC(CCC)NC(C)C(N)=NO. The zero-order valence-corrected chi connectivity index (χ0v) is 8.12. The van der Waals surface area contributed by atoms with Crippen LogP contribution < -0.4 is 11.1 Å². The minimum atomic E-state index is -0.197. The van der Waals surface area contributed by atoms with Crippen LogP contribution in [0.4, 0.5) is 0 Å². The molecule has 0 heterocycles. The summed E-state index contributed by atoms with van der Waals surface area (Å²) in [6.07, 6.45) is 7.19. The van der Waals surface area contributed by atoms with Gasteiger partial charge in [-0.25, -0.2) is 0 Å². The van der Waals surface area contributed by atoms with Crippen molar-refractivity contribution in [2.24, 2.45) is 10.9 Å². The summed E-state index contributed by atoms with van der Waals surface area (Å²) in [5.41, 5.74) is 5.38. The highest BCUT2D eigenvalue weighted by Gasteiger charge is 2.11. The van der Waals surface area contributed by atoms with E-state index in [1.54, 1.807) is 6.92 Å². The summed E-state index contributed by atoms with van der Waals surface area (Å²) >= 11 is 0. The highest BCUT2D eigenvalue weighted by molar-refractivity contribution is 5.84. The van der Waals surface area contributed by atoms with Crippen LogP contribution in [0.3, 0.4) is 0 Å². The second-order valence-electron chi connectivity index (χ2n) is 2.92. The standard InChI is InChI=1S/C9H17N3O/c1-4-6-8(5-2)11-7(3)9(10)12-13/h2,7-8,11,13H,4,6H2,1,3H3,(H2,10,12). The third-order valence-electron chi connectivity index (χ3n) is 1.79. The second kappa shape index (κ2) is 6.32. The number of nitrogens with one attached hydrogen (secondary N) is 1. The molecule has 0 aliphatic heterocycles. The summed E-state index contributed by atoms with van der Waals surface area (Å²) in [5.74, 6) is 2.76. The summed E-state index contributed by atoms with van der Waals surface area (Å²) in [5, 5.41) is 14.4. The molecule has 0 bridgehead atoms. The van der Waals surface area contributed by atoms with E-state index < -0.39 is 0 Å². The van der Waals surface area contributed by atoms with Gasteiger partial charge in [0.15, 0.2) is 5.84 Å². The van der Waals surface area contributed by atoms with E-state index in [2.05, 4.69) is 23.3 Å². The van der Waals surface area contributed by atoms with Crippen LogP contribution in [0.5, 0.6) is 0 Å². The third kappa shape index (κ3) is 4.38. The zero-order chi connectivity index (χ0) is 10.3. The Morgan fingerprint density at radius 1 is 1.77 bits per heavy atom. The van der Waals surface area contributed by atoms with Gasteiger partial charge in [-0.3, -0.25) is 5.32 Å². The monoisotopic (exact) mass is 183 g/mol. The smallest absolute Gasteiger partial charge is 0.156 e. The first-order valence-corrected chi connectivity index (χ1v) is 4.35. The molecule has 4 nitrogen and oxygen atoms in total. The fourth-order valence-corrected chi connectivity index (χ4v) is 0.977. The normalized spacial score (nSPS) is 16.2. The van der Waals surface area contributed by atoms with Gasteiger partial charge in [0.1, 0.15) is 0 Å². The first kappa shape index (κ1) is 11.8. The molecule has 74 valence electrons. The van der Waals surface area contributed by atoms with Gasteiger partial charge < -0.3 is 10.9 Å². The summed E-state index contributed by atoms with van der Waals surface area (Å²) in [4.78, 5) is 0. The summed E-state index contributed by atoms with van der Waals surface area (Å²) in [6, 6.07) is -0.210. The number of nitrogens with two attached hydrogens (primary N) is 1. The lowest BCUT2D eigenvalue weighted by molar-refractivity contribution is 0.314. The van der Waals surface area contributed by atoms with Crippen molar-refractivity contribution in [1.29, 1.82) is 0 Å². The van der Waals surface area contributed by atoms with Crippen molar-refractivity contribution in [3.63, 3.8) is 0 Å². The lowest BCUT2D eigenvalue weighted by Crippen LogP contribution is -2.44. The molecule has 0 aliphatic carbocycles. The molecule has 0 saturated heterocycles. The van der Waals surface area contributed by atoms with E-state index in [9.17, 15) is 0 Å². The Kier molecular flexibility index (Phi) is 5.73. The van der Waals surface area contributed by atoms with Crippen LogP contribution in [0.15, 0.2) is 5.16 Å². The van der Waals surface area contributed by atoms with E-state index in [0.717, 1.165) is 12.8 Å². The van der Waals surface area contributed by atoms with E-state index in [0.29, 0.717) is 0 Å². The van der Waals surface area contributed by atoms with Crippen molar-refractivity contribution >= 4 is 5.84 Å². The lowest BCUT2D eigenvalue weighted by Gasteiger charge is -2.17. The van der Waals surface area contributed by atoms with Crippen molar-refractivity contribution in [1.82, 2.24) is 5.32 Å². The van der Waals surface area contributed by atoms with Crippen molar-refractivity contribution in [2.45, 2.75) is 38.8 Å². The molecule has 4 N–H and O–H groups in total. The Labute approximate surface area is 79.2 Å². The number of terminal acetylenes is 1. The molecule has 4 heteroatoms. The number of oxime groups is 1. The van der Waals surface area contributed by atoms with Gasteiger partial charge >= 0.3 is 0 Å². The minimum Gasteiger partial charge on any atom is -0.409 e. The van der Waals surface area contributed by atoms with Crippen LogP contribution in [0.2, 0.25) is 0 Å². The molecular formula is C9H17N3O. The van der Waals surface area contributed by atoms with E-state index in [1.165, 1.54) is 0 Å². The van der Waals surface area contributed by atoms with Gasteiger partial charge in [0, 0.05) is 0 Å². The molecule has 13 heavy (non-hydrogen) atoms. The van der Waals surface area contributed by atoms with Crippen LogP contribution in [0.25, 0.3) is 0 Å². The number of nitrogens with zero attached hydrogens (tertiary/aromatic N) is 1. The Balaban J connectivity index is 4.02. The Bertz CT molecular complexity index is 207. The maximum atomic E-state index is 8.39. The van der Waals surface area contributed by atoms with Crippen LogP contribution in [-0.4, -0.2) is 23.1 Å². The van der Waals surface area contributed by atoms with E-state index in [-0.39, 0.29) is 17.9 Å². The van der Waals surface area contributed by atoms with Gasteiger partial charge in [-0.1, -0.05) is 24.4 Å². The van der Waals surface area contributed by atoms with Gasteiger partial charge in [0.2, 0.25) is 0 Å². The number of hydrogen-bond donors (Lipinski definition) is 3. The molecular weight excluding hydrogens is 166 g/mol. The van der Waals surface area contributed by atoms with Crippen molar-refractivity contribution in [3.05, 3.63) is 0 Å². The van der Waals surface area contributed by atoms with E-state index >= 15 is 0 Å². The third-order valence-corrected chi connectivity index (χ3v) is 1.79. The fourth-order valence-electron chi connectivity index (χ4n) is 0.977. The molecule has 0 saturated carbocycles. The highest BCUT2D eigenvalue weighted by atomic mass is 16.4. The Morgan fingerprint density at radius 3 is 2.77 bits per heavy atom. The first-order chi connectivity index (χ1) is 6.15. The molecule has 0 fully saturated rings. The predicted octanol–water partition coefficient (Wildman–Crippen LogP) is 0.513. The number of hydrogen-bond acceptors (Lipinski definition) is 3. The zero-order valence-electron chi connectivity index (χ0n) is 8.12. The largest absolute Gasteiger partial charge is 0.409 e. The molecule has 0 spiro atoms. The highest BCUT2D eigenvalue weighted by Crippen LogP contribution is 1.96. The average molecular weight is 183 g/mol. The van der Waals surface area contributed by atoms with E-state index in [4.69, 9.17) is 17.4 Å². The molecule has 2 atom stereocenters. The Hall–Kier alpha value is -1.21. The second-order valence-corrected chi connectivity index (χ2v) is 2.92. The molecule has 2 unspecified atom stereocenters. The molecule has 0 aliphatic rings. The van der Waals surface area contributed by atoms with Gasteiger partial charge in [-0.05, 0) is 13.3 Å². The van der Waals surface area contributed by atoms with Gasteiger partial charge in [0.25, 0.3) is 0 Å². The lowest BCUT2D eigenvalue weighted by atomic mass is 10.1. The molecule has 0 radical (unpaired) electrons. The minimum absolute atomic E-state index is 0.0136. The molecule has 0 aromatic rings. The average Bonchev–Trinajstić information content (AvgIpc) is 2.15. The number of amidine groups is 1. The summed E-state index contributed by atoms with van der Waals surface area (Å²) in [7, 11) is 0. The van der Waals surface area contributed by atoms with Crippen LogP contribution >= 0.6 is 0 Å². The van der Waals surface area contributed by atoms with Crippen LogP contribution in [0.1, 0.15) is 26.7 Å². The van der Waals surface area contributed by atoms with Crippen LogP contribution in [0, 0.1) is 12.3 Å². The quantitative estimate of drug-likeness (QED) is 0.191. The first-order valence-electron chi connectivity index (χ1n) is 4.35. The van der Waals surface area contributed by atoms with E-state index in [1.807, 2.05) is 0 Å². The summed E-state index contributed by atoms with van der Waals surface area (Å²) in [6.45, 7) is 3.86. The van der Waals surface area contributed by atoms with Gasteiger partial charge in [-0.2, -0.15) is 0 Å². The fraction of sp³-hybridized carbons (Fsp3) is 0.667. The maximum absolute atomic E-state index is 8.39. The molecule has 0 amide bonds. The molecule has 0 aromatic carbocycles. The van der Waals surface area contributed by atoms with Gasteiger partial charge in [-0.15, -0.1) is 6.42 Å². The topological polar surface area (TPSA) is 70.6 Å². The summed E-state index contributed by atoms with van der Waals surface area (Å²) < 4.78 is 0. The van der Waals surface area contributed by atoms with Crippen molar-refractivity contribution in [2.75, 3.05) is 0 Å². The maximum Gasteiger partial charge on any atom is 0.156 e. The molecule has 0 rings (SSSR count). The van der Waals surface area contributed by atoms with Crippen molar-refractivity contribution in [3.8, 4) is 12.3 Å². The predicted molar refractivity (Wildman–Crippen MR) is 53.5 cm³/mol. The Morgan fingerprint density at radius 2 is 2.38 bits per heavy atom. The molecule has 0 aromatic heterocycles. The van der Waals surface area contributed by atoms with Crippen LogP contribution in [-0.2, 0) is 0 Å².